The highest BCUT2D eigenvalue weighted by Crippen LogP contribution is 2.25. The van der Waals surface area contributed by atoms with Gasteiger partial charge in [-0.15, -0.1) is 0 Å². The van der Waals surface area contributed by atoms with E-state index < -0.39 is 5.97 Å². The molecule has 0 radical (unpaired) electrons. The average molecular weight is 284 g/mol. The number of carbonyl (C=O) groups excluding carboxylic acids is 1. The molecule has 0 aromatic heterocycles. The molecule has 0 spiro atoms. The van der Waals surface area contributed by atoms with Crippen LogP contribution in [0.3, 0.4) is 0 Å². The molecule has 2 rings (SSSR count). The first-order chi connectivity index (χ1) is 10.1. The standard InChI is InChI=1S/C17H16O4/c1-12(2)11-20-14-8-9-16(18)15(10-14)17(19)21-13-6-4-3-5-7-13/h3-10,18H,1,11H2,2H3. The smallest absolute Gasteiger partial charge is 0.347 e. The predicted molar refractivity (Wildman–Crippen MR) is 79.8 cm³/mol. The summed E-state index contributed by atoms with van der Waals surface area (Å²) < 4.78 is 10.6. The monoisotopic (exact) mass is 284 g/mol. The maximum absolute atomic E-state index is 12.1. The molecule has 0 saturated heterocycles. The van der Waals surface area contributed by atoms with Crippen LogP contribution >= 0.6 is 0 Å². The molecule has 2 aromatic carbocycles. The van der Waals surface area contributed by atoms with Crippen LogP contribution in [0.1, 0.15) is 17.3 Å². The van der Waals surface area contributed by atoms with Gasteiger partial charge >= 0.3 is 5.97 Å². The van der Waals surface area contributed by atoms with E-state index in [1.165, 1.54) is 12.1 Å². The normalized spacial score (nSPS) is 9.95. The van der Waals surface area contributed by atoms with Gasteiger partial charge in [0.25, 0.3) is 0 Å². The zero-order valence-electron chi connectivity index (χ0n) is 11.7. The van der Waals surface area contributed by atoms with Gasteiger partial charge in [-0.1, -0.05) is 24.8 Å². The van der Waals surface area contributed by atoms with Crippen molar-refractivity contribution in [1.29, 1.82) is 0 Å². The molecule has 0 bridgehead atoms. The van der Waals surface area contributed by atoms with Gasteiger partial charge < -0.3 is 14.6 Å². The van der Waals surface area contributed by atoms with Crippen molar-refractivity contribution in [2.24, 2.45) is 0 Å². The third-order valence-electron chi connectivity index (χ3n) is 2.63. The third-order valence-corrected chi connectivity index (χ3v) is 2.63. The van der Waals surface area contributed by atoms with E-state index >= 15 is 0 Å². The molecule has 4 nitrogen and oxygen atoms in total. The van der Waals surface area contributed by atoms with E-state index in [1.807, 2.05) is 13.0 Å². The van der Waals surface area contributed by atoms with Gasteiger partial charge in [-0.3, -0.25) is 0 Å². The molecule has 1 N–H and O–H groups in total. The Bertz CT molecular complexity index is 647. The number of carbonyl (C=O) groups is 1. The van der Waals surface area contributed by atoms with E-state index in [0.29, 0.717) is 18.1 Å². The van der Waals surface area contributed by atoms with Crippen LogP contribution in [0.25, 0.3) is 0 Å². The second-order valence-electron chi connectivity index (χ2n) is 4.63. The number of aromatic hydroxyl groups is 1. The Kier molecular flexibility index (Phi) is 4.61. The summed E-state index contributed by atoms with van der Waals surface area (Å²) >= 11 is 0. The van der Waals surface area contributed by atoms with Gasteiger partial charge in [0, 0.05) is 0 Å². The fraction of sp³-hybridized carbons (Fsp3) is 0.118. The molecule has 108 valence electrons. The second-order valence-corrected chi connectivity index (χ2v) is 4.63. The number of hydrogen-bond donors (Lipinski definition) is 1. The van der Waals surface area contributed by atoms with Crippen LogP contribution in [0.4, 0.5) is 0 Å². The van der Waals surface area contributed by atoms with Crippen LogP contribution in [-0.4, -0.2) is 17.7 Å². The lowest BCUT2D eigenvalue weighted by atomic mass is 10.2. The number of benzene rings is 2. The van der Waals surface area contributed by atoms with Crippen molar-refractivity contribution in [2.75, 3.05) is 6.61 Å². The van der Waals surface area contributed by atoms with Crippen molar-refractivity contribution in [3.8, 4) is 17.2 Å². The quantitative estimate of drug-likeness (QED) is 0.518. The minimum atomic E-state index is -0.639. The molecule has 0 saturated carbocycles. The van der Waals surface area contributed by atoms with Crippen LogP contribution in [0, 0.1) is 0 Å². The van der Waals surface area contributed by atoms with Crippen LogP contribution in [0.15, 0.2) is 60.7 Å². The Labute approximate surface area is 123 Å². The van der Waals surface area contributed by atoms with E-state index in [0.717, 1.165) is 5.57 Å². The predicted octanol–water partition coefficient (Wildman–Crippen LogP) is 3.57. The van der Waals surface area contributed by atoms with Crippen molar-refractivity contribution in [3.63, 3.8) is 0 Å². The average Bonchev–Trinajstić information content (AvgIpc) is 2.47. The second kappa shape index (κ2) is 6.61. The highest BCUT2D eigenvalue weighted by molar-refractivity contribution is 5.94. The van der Waals surface area contributed by atoms with E-state index in [9.17, 15) is 9.90 Å². The van der Waals surface area contributed by atoms with Gasteiger partial charge in [0.15, 0.2) is 0 Å². The van der Waals surface area contributed by atoms with Crippen molar-refractivity contribution in [1.82, 2.24) is 0 Å². The zero-order valence-corrected chi connectivity index (χ0v) is 11.7. The number of phenolic OH excluding ortho intramolecular Hbond substituents is 1. The van der Waals surface area contributed by atoms with Crippen LogP contribution in [0.5, 0.6) is 17.2 Å². The molecular weight excluding hydrogens is 268 g/mol. The summed E-state index contributed by atoms with van der Waals surface area (Å²) in [6.45, 7) is 5.92. The highest BCUT2D eigenvalue weighted by atomic mass is 16.5. The van der Waals surface area contributed by atoms with Crippen LogP contribution < -0.4 is 9.47 Å². The van der Waals surface area contributed by atoms with Crippen molar-refractivity contribution in [3.05, 3.63) is 66.2 Å². The number of rotatable bonds is 5. The fourth-order valence-electron chi connectivity index (χ4n) is 1.63. The SMILES string of the molecule is C=C(C)COc1ccc(O)c(C(=O)Oc2ccccc2)c1. The first-order valence-electron chi connectivity index (χ1n) is 6.43. The molecule has 21 heavy (non-hydrogen) atoms. The molecule has 2 aromatic rings. The lowest BCUT2D eigenvalue weighted by Gasteiger charge is -2.09. The first kappa shape index (κ1) is 14.7. The van der Waals surface area contributed by atoms with Gasteiger partial charge in [0.1, 0.15) is 29.4 Å². The summed E-state index contributed by atoms with van der Waals surface area (Å²) in [5.41, 5.74) is 0.912. The Balaban J connectivity index is 2.16. The molecule has 4 heteroatoms. The molecule has 0 aliphatic heterocycles. The summed E-state index contributed by atoms with van der Waals surface area (Å²) in [5, 5.41) is 9.79. The van der Waals surface area contributed by atoms with Gasteiger partial charge in [-0.25, -0.2) is 4.79 Å². The van der Waals surface area contributed by atoms with Gasteiger partial charge in [-0.05, 0) is 42.8 Å². The van der Waals surface area contributed by atoms with Crippen molar-refractivity contribution >= 4 is 5.97 Å². The molecule has 0 atom stereocenters. The minimum absolute atomic E-state index is 0.0538. The molecule has 0 aliphatic rings. The summed E-state index contributed by atoms with van der Waals surface area (Å²) in [5.74, 6) is 0.0871. The lowest BCUT2D eigenvalue weighted by molar-refractivity contribution is 0.0731. The fourth-order valence-corrected chi connectivity index (χ4v) is 1.63. The molecule has 0 aliphatic carbocycles. The largest absolute Gasteiger partial charge is 0.507 e. The van der Waals surface area contributed by atoms with Crippen molar-refractivity contribution < 1.29 is 19.4 Å². The topological polar surface area (TPSA) is 55.8 Å². The summed E-state index contributed by atoms with van der Waals surface area (Å²) in [6, 6.07) is 13.1. The Morgan fingerprint density at radius 1 is 1.14 bits per heavy atom. The molecular formula is C17H16O4. The Hall–Kier alpha value is -2.75. The number of phenols is 1. The van der Waals surface area contributed by atoms with E-state index in [-0.39, 0.29) is 11.3 Å². The third kappa shape index (κ3) is 4.11. The van der Waals surface area contributed by atoms with Gasteiger partial charge in [0.2, 0.25) is 0 Å². The number of ether oxygens (including phenoxy) is 2. The summed E-state index contributed by atoms with van der Waals surface area (Å²) in [7, 11) is 0. The van der Waals surface area contributed by atoms with Gasteiger partial charge in [0.05, 0.1) is 0 Å². The van der Waals surface area contributed by atoms with Gasteiger partial charge in [-0.2, -0.15) is 0 Å². The van der Waals surface area contributed by atoms with Crippen molar-refractivity contribution in [2.45, 2.75) is 6.92 Å². The van der Waals surface area contributed by atoms with E-state index in [4.69, 9.17) is 9.47 Å². The molecule has 0 fully saturated rings. The summed E-state index contributed by atoms with van der Waals surface area (Å²) in [6.07, 6.45) is 0. The van der Waals surface area contributed by atoms with Crippen LogP contribution in [0.2, 0.25) is 0 Å². The number of esters is 1. The summed E-state index contributed by atoms with van der Waals surface area (Å²) in [4.78, 5) is 12.1. The lowest BCUT2D eigenvalue weighted by Crippen LogP contribution is -2.09. The molecule has 0 heterocycles. The minimum Gasteiger partial charge on any atom is -0.507 e. The molecule has 0 amide bonds. The maximum Gasteiger partial charge on any atom is 0.347 e. The highest BCUT2D eigenvalue weighted by Gasteiger charge is 2.15. The Morgan fingerprint density at radius 3 is 2.52 bits per heavy atom. The zero-order chi connectivity index (χ0) is 15.2. The maximum atomic E-state index is 12.1. The van der Waals surface area contributed by atoms with E-state index in [2.05, 4.69) is 6.58 Å². The first-order valence-corrected chi connectivity index (χ1v) is 6.43. The Morgan fingerprint density at radius 2 is 1.86 bits per heavy atom. The molecule has 0 unspecified atom stereocenters. The van der Waals surface area contributed by atoms with Crippen LogP contribution in [-0.2, 0) is 0 Å². The number of para-hydroxylation sites is 1. The van der Waals surface area contributed by atoms with E-state index in [1.54, 1.807) is 30.3 Å². The number of hydrogen-bond acceptors (Lipinski definition) is 4.